The van der Waals surface area contributed by atoms with Gasteiger partial charge in [-0.3, -0.25) is 4.99 Å². The van der Waals surface area contributed by atoms with Gasteiger partial charge in [0.15, 0.2) is 5.96 Å². The van der Waals surface area contributed by atoms with Gasteiger partial charge in [0.05, 0.1) is 6.54 Å². The van der Waals surface area contributed by atoms with E-state index in [2.05, 4.69) is 29.5 Å². The van der Waals surface area contributed by atoms with Crippen molar-refractivity contribution in [2.24, 2.45) is 10.4 Å². The second-order valence-electron chi connectivity index (χ2n) is 6.92. The van der Waals surface area contributed by atoms with Crippen molar-refractivity contribution in [1.82, 2.24) is 10.6 Å². The Kier molecular flexibility index (Phi) is 4.06. The van der Waals surface area contributed by atoms with Gasteiger partial charge < -0.3 is 20.2 Å². The van der Waals surface area contributed by atoms with Crippen LogP contribution >= 0.6 is 0 Å². The molecule has 5 heteroatoms. The molecule has 1 heterocycles. The summed E-state index contributed by atoms with van der Waals surface area (Å²) in [5.41, 5.74) is 0.145. The predicted octanol–water partition coefficient (Wildman–Crippen LogP) is 2.07. The number of aryl methyl sites for hydroxylation is 2. The minimum atomic E-state index is -1.00. The van der Waals surface area contributed by atoms with Gasteiger partial charge in [0, 0.05) is 18.7 Å². The molecule has 0 bridgehead atoms. The number of furan rings is 1. The van der Waals surface area contributed by atoms with Gasteiger partial charge >= 0.3 is 0 Å². The lowest BCUT2D eigenvalue weighted by Gasteiger charge is -2.24. The fraction of sp³-hybridized carbons (Fsp3) is 0.688. The van der Waals surface area contributed by atoms with Gasteiger partial charge in [-0.25, -0.2) is 0 Å². The first-order valence-corrected chi connectivity index (χ1v) is 7.43. The first-order valence-electron chi connectivity index (χ1n) is 7.43. The number of nitrogens with zero attached hydrogens (tertiary/aromatic N) is 1. The number of hydrogen-bond donors (Lipinski definition) is 3. The Hall–Kier alpha value is -1.49. The standard InChI is InChI=1S/C16H27N3O2/c1-10-7-12(11(2)21-10)16(5,20)9-18-14(17-6)19-13-8-15(13,3)4/h7,13,20H,8-9H2,1-6H3,(H2,17,18,19). The molecule has 1 saturated carbocycles. The number of aliphatic imine (C=N–C) groups is 1. The Bertz CT molecular complexity index is 544. The van der Waals surface area contributed by atoms with Crippen molar-refractivity contribution >= 4 is 5.96 Å². The first-order chi connectivity index (χ1) is 9.65. The third kappa shape index (κ3) is 3.59. The second kappa shape index (κ2) is 5.37. The summed E-state index contributed by atoms with van der Waals surface area (Å²) in [7, 11) is 1.74. The average molecular weight is 293 g/mol. The lowest BCUT2D eigenvalue weighted by Crippen LogP contribution is -2.45. The Morgan fingerprint density at radius 3 is 2.57 bits per heavy atom. The van der Waals surface area contributed by atoms with Crippen LogP contribution in [0.2, 0.25) is 0 Å². The molecule has 1 aliphatic carbocycles. The lowest BCUT2D eigenvalue weighted by molar-refractivity contribution is 0.0601. The summed E-state index contributed by atoms with van der Waals surface area (Å²) in [6.07, 6.45) is 1.14. The molecule has 5 nitrogen and oxygen atoms in total. The molecular formula is C16H27N3O2. The van der Waals surface area contributed by atoms with E-state index < -0.39 is 5.60 Å². The van der Waals surface area contributed by atoms with Crippen molar-refractivity contribution in [2.45, 2.75) is 52.7 Å². The molecule has 0 aliphatic heterocycles. The molecule has 118 valence electrons. The SMILES string of the molecule is CN=C(NCC(C)(O)c1cc(C)oc1C)NC1CC1(C)C. The van der Waals surface area contributed by atoms with Gasteiger partial charge in [0.1, 0.15) is 17.1 Å². The highest BCUT2D eigenvalue weighted by molar-refractivity contribution is 5.80. The smallest absolute Gasteiger partial charge is 0.191 e. The van der Waals surface area contributed by atoms with E-state index in [0.29, 0.717) is 18.0 Å². The van der Waals surface area contributed by atoms with Crippen LogP contribution in [0.4, 0.5) is 0 Å². The molecule has 2 unspecified atom stereocenters. The summed E-state index contributed by atoms with van der Waals surface area (Å²) in [6.45, 7) is 10.4. The van der Waals surface area contributed by atoms with Crippen LogP contribution in [-0.2, 0) is 5.60 Å². The highest BCUT2D eigenvalue weighted by Crippen LogP contribution is 2.44. The molecule has 1 fully saturated rings. The number of rotatable bonds is 4. The van der Waals surface area contributed by atoms with Gasteiger partial charge in [0.25, 0.3) is 0 Å². The topological polar surface area (TPSA) is 69.8 Å². The average Bonchev–Trinajstić information content (AvgIpc) is 2.80. The van der Waals surface area contributed by atoms with Crippen LogP contribution in [-0.4, -0.2) is 30.7 Å². The monoisotopic (exact) mass is 293 g/mol. The number of guanidine groups is 1. The van der Waals surface area contributed by atoms with Gasteiger partial charge in [-0.2, -0.15) is 0 Å². The Morgan fingerprint density at radius 2 is 2.14 bits per heavy atom. The fourth-order valence-electron chi connectivity index (χ4n) is 2.59. The van der Waals surface area contributed by atoms with Gasteiger partial charge in [0.2, 0.25) is 0 Å². The normalized spacial score (nSPS) is 23.6. The molecule has 3 N–H and O–H groups in total. The summed E-state index contributed by atoms with van der Waals surface area (Å²) >= 11 is 0. The maximum atomic E-state index is 10.7. The van der Waals surface area contributed by atoms with Crippen LogP contribution < -0.4 is 10.6 Å². The summed E-state index contributed by atoms with van der Waals surface area (Å²) in [5, 5.41) is 17.3. The molecule has 0 amide bonds. The van der Waals surface area contributed by atoms with Crippen molar-refractivity contribution in [3.8, 4) is 0 Å². The third-order valence-electron chi connectivity index (χ3n) is 4.27. The molecule has 2 rings (SSSR count). The van der Waals surface area contributed by atoms with Crippen LogP contribution in [0.3, 0.4) is 0 Å². The van der Waals surface area contributed by atoms with E-state index in [1.54, 1.807) is 14.0 Å². The third-order valence-corrected chi connectivity index (χ3v) is 4.27. The van der Waals surface area contributed by atoms with Crippen LogP contribution in [0, 0.1) is 19.3 Å². The molecule has 21 heavy (non-hydrogen) atoms. The number of hydrogen-bond acceptors (Lipinski definition) is 3. The molecule has 0 radical (unpaired) electrons. The van der Waals surface area contributed by atoms with E-state index in [9.17, 15) is 5.11 Å². The quantitative estimate of drug-likeness (QED) is 0.587. The van der Waals surface area contributed by atoms with E-state index in [1.165, 1.54) is 0 Å². The first kappa shape index (κ1) is 15.9. The molecule has 0 saturated heterocycles. The Labute approximate surface area is 126 Å². The molecule has 0 aromatic carbocycles. The van der Waals surface area contributed by atoms with Crippen LogP contribution in [0.25, 0.3) is 0 Å². The minimum absolute atomic E-state index is 0.332. The highest BCUT2D eigenvalue weighted by atomic mass is 16.3. The van der Waals surface area contributed by atoms with E-state index in [1.807, 2.05) is 19.9 Å². The summed E-state index contributed by atoms with van der Waals surface area (Å²) in [6, 6.07) is 2.34. The van der Waals surface area contributed by atoms with Gasteiger partial charge in [-0.1, -0.05) is 13.8 Å². The van der Waals surface area contributed by atoms with E-state index in [4.69, 9.17) is 4.42 Å². The zero-order valence-corrected chi connectivity index (χ0v) is 13.9. The maximum absolute atomic E-state index is 10.7. The van der Waals surface area contributed by atoms with E-state index in [-0.39, 0.29) is 0 Å². The molecule has 1 aromatic heterocycles. The van der Waals surface area contributed by atoms with E-state index in [0.717, 1.165) is 29.5 Å². The highest BCUT2D eigenvalue weighted by Gasteiger charge is 2.46. The lowest BCUT2D eigenvalue weighted by atomic mass is 9.96. The van der Waals surface area contributed by atoms with Crippen LogP contribution in [0.1, 0.15) is 44.3 Å². The van der Waals surface area contributed by atoms with E-state index >= 15 is 0 Å². The Balaban J connectivity index is 1.96. The van der Waals surface area contributed by atoms with Crippen molar-refractivity contribution in [3.05, 3.63) is 23.2 Å². The van der Waals surface area contributed by atoms with Crippen molar-refractivity contribution in [1.29, 1.82) is 0 Å². The molecule has 1 aromatic rings. The molecule has 1 aliphatic rings. The van der Waals surface area contributed by atoms with Gasteiger partial charge in [-0.15, -0.1) is 0 Å². The minimum Gasteiger partial charge on any atom is -0.466 e. The number of aliphatic hydroxyl groups is 1. The van der Waals surface area contributed by atoms with Crippen molar-refractivity contribution in [2.75, 3.05) is 13.6 Å². The van der Waals surface area contributed by atoms with Crippen LogP contribution in [0.5, 0.6) is 0 Å². The fourth-order valence-corrected chi connectivity index (χ4v) is 2.59. The zero-order chi connectivity index (χ0) is 15.8. The zero-order valence-electron chi connectivity index (χ0n) is 13.9. The molecular weight excluding hydrogens is 266 g/mol. The van der Waals surface area contributed by atoms with Gasteiger partial charge in [-0.05, 0) is 38.7 Å². The van der Waals surface area contributed by atoms with Crippen molar-refractivity contribution < 1.29 is 9.52 Å². The summed E-state index contributed by atoms with van der Waals surface area (Å²) < 4.78 is 5.50. The maximum Gasteiger partial charge on any atom is 0.191 e. The molecule has 0 spiro atoms. The largest absolute Gasteiger partial charge is 0.466 e. The van der Waals surface area contributed by atoms with Crippen LogP contribution in [0.15, 0.2) is 15.5 Å². The summed E-state index contributed by atoms with van der Waals surface area (Å²) in [5.74, 6) is 2.29. The van der Waals surface area contributed by atoms with Crippen molar-refractivity contribution in [3.63, 3.8) is 0 Å². The predicted molar refractivity (Wildman–Crippen MR) is 84.4 cm³/mol. The Morgan fingerprint density at radius 1 is 1.52 bits per heavy atom. The number of nitrogens with one attached hydrogen (secondary N) is 2. The summed E-state index contributed by atoms with van der Waals surface area (Å²) in [4.78, 5) is 4.22. The second-order valence-corrected chi connectivity index (χ2v) is 6.92. The molecule has 2 atom stereocenters.